The highest BCUT2D eigenvalue weighted by atomic mass is 32.1. The van der Waals surface area contributed by atoms with Gasteiger partial charge >= 0.3 is 0 Å². The lowest BCUT2D eigenvalue weighted by Crippen LogP contribution is -1.99. The molecule has 144 heavy (non-hydrogen) atoms. The van der Waals surface area contributed by atoms with Crippen molar-refractivity contribution in [2.24, 2.45) is 0 Å². The number of nitrogens with zero attached hydrogens (tertiary/aromatic N) is 11. The maximum atomic E-state index is 8.90. The van der Waals surface area contributed by atoms with E-state index >= 15 is 0 Å². The summed E-state index contributed by atoms with van der Waals surface area (Å²) in [4.78, 5) is 29.5. The molecule has 0 aliphatic rings. The Morgan fingerprint density at radius 2 is 0.632 bits per heavy atom. The molecule has 0 fully saturated rings. The number of aromatic nitrogens is 11. The molecule has 0 N–H and O–H groups in total. The number of benzene rings is 19. The van der Waals surface area contributed by atoms with Gasteiger partial charge in [0.15, 0.2) is 11.6 Å². The third-order valence-electron chi connectivity index (χ3n) is 27.8. The van der Waals surface area contributed by atoms with E-state index in [1.165, 1.54) is 106 Å². The number of pyridine rings is 1. The van der Waals surface area contributed by atoms with Crippen LogP contribution < -0.4 is 0 Å². The minimum absolute atomic E-state index is 0.00301. The average molecular weight is 1900 g/mol. The lowest BCUT2D eigenvalue weighted by Gasteiger charge is -2.13. The molecule has 11 heterocycles. The topological polar surface area (TPSA) is 101 Å². The lowest BCUT2D eigenvalue weighted by atomic mass is 9.99. The standard InChI is InChI=1S/C53H33N5S.C47H29N5S.C30H19NS/c1-4-13-34(14-5-1)37-23-27-46-43(32-37)49-50(57(46)40-25-21-36(22-26-40)53-56-45-19-10-11-20-47(45)58(53)39-17-8-3-9-18-39)44(52-54-29-12-30-55-52)33-42-41-31-38(35-15-6-2-7-16-35)24-28-48(41)59-51(42)49;1-3-10-30(11-4-1)33-17-21-41-38(27-33)44-45(52(41)35-19-15-32(16-20-35)40-29-51-25-8-7-14-43(51)50-40)39(47-48-23-9-24-49-47)28-37-36-26-34(31-12-5-2-6-13-31)18-22-42(36)53-46(37)44;1-3-9-20(10-4-1)21-15-17-27-24(19-21)30-28(32-27)18-16-26-29(30)23-13-7-8-14-25(23)31(26)22-11-5-2-6-12-22/h1-33H;1-29H;1-19H/i;;7D,8D,13D,14D. The van der Waals surface area contributed by atoms with E-state index in [0.717, 1.165) is 137 Å². The minimum Gasteiger partial charge on any atom is -0.309 e. The van der Waals surface area contributed by atoms with Crippen molar-refractivity contribution in [3.63, 3.8) is 0 Å². The molecule has 0 radical (unpaired) electrons. The van der Waals surface area contributed by atoms with E-state index in [1.807, 2.05) is 149 Å². The molecular formula is C130H81N11S3. The molecule has 0 atom stereocenters. The van der Waals surface area contributed by atoms with Gasteiger partial charge < -0.3 is 18.1 Å². The normalized spacial score (nSPS) is 12.1. The smallest absolute Gasteiger partial charge is 0.161 e. The number of rotatable bonds is 13. The first-order chi connectivity index (χ1) is 73.1. The van der Waals surface area contributed by atoms with E-state index in [2.05, 4.69) is 364 Å². The van der Waals surface area contributed by atoms with Crippen LogP contribution in [0.5, 0.6) is 0 Å². The van der Waals surface area contributed by atoms with Crippen molar-refractivity contribution in [3.05, 3.63) is 492 Å². The Morgan fingerprint density at radius 3 is 1.12 bits per heavy atom. The number of thiophene rings is 3. The quantitative estimate of drug-likeness (QED) is 0.114. The molecular weight excluding hydrogens is 1810 g/mol. The zero-order chi connectivity index (χ0) is 98.3. The van der Waals surface area contributed by atoms with Gasteiger partial charge in [0.2, 0.25) is 0 Å². The van der Waals surface area contributed by atoms with E-state index in [1.54, 1.807) is 11.3 Å². The van der Waals surface area contributed by atoms with Gasteiger partial charge in [0, 0.05) is 175 Å². The van der Waals surface area contributed by atoms with Crippen molar-refractivity contribution in [1.29, 1.82) is 0 Å². The van der Waals surface area contributed by atoms with E-state index in [4.69, 9.17) is 35.4 Å². The summed E-state index contributed by atoms with van der Waals surface area (Å²) < 4.78 is 52.9. The molecule has 0 amide bonds. The summed E-state index contributed by atoms with van der Waals surface area (Å²) in [7, 11) is 0. The summed E-state index contributed by atoms with van der Waals surface area (Å²) in [6.07, 6.45) is 11.5. The maximum absolute atomic E-state index is 8.90. The molecule has 0 aliphatic heterocycles. The van der Waals surface area contributed by atoms with Crippen LogP contribution in [-0.2, 0) is 0 Å². The number of fused-ring (bicyclic) bond motifs is 23. The van der Waals surface area contributed by atoms with Gasteiger partial charge in [-0.1, -0.05) is 267 Å². The van der Waals surface area contributed by atoms with Crippen LogP contribution in [0.25, 0.3) is 266 Å². The Balaban J connectivity index is 0.000000110. The summed E-state index contributed by atoms with van der Waals surface area (Å²) >= 11 is 5.43. The van der Waals surface area contributed by atoms with Gasteiger partial charge in [-0.15, -0.1) is 34.0 Å². The summed E-state index contributed by atoms with van der Waals surface area (Å²) in [5.41, 5.74) is 29.7. The van der Waals surface area contributed by atoms with E-state index in [9.17, 15) is 0 Å². The predicted molar refractivity (Wildman–Crippen MR) is 604 cm³/mol. The Labute approximate surface area is 844 Å². The Kier molecular flexibility index (Phi) is 19.2. The van der Waals surface area contributed by atoms with E-state index in [0.29, 0.717) is 22.6 Å². The second-order valence-corrected chi connectivity index (χ2v) is 39.3. The molecule has 0 bridgehead atoms. The van der Waals surface area contributed by atoms with Crippen molar-refractivity contribution >= 4 is 177 Å². The third-order valence-corrected chi connectivity index (χ3v) is 31.4. The second kappa shape index (κ2) is 34.9. The van der Waals surface area contributed by atoms with E-state index in [-0.39, 0.29) is 24.2 Å². The van der Waals surface area contributed by atoms with Gasteiger partial charge in [0.1, 0.15) is 11.5 Å². The van der Waals surface area contributed by atoms with Gasteiger partial charge in [-0.2, -0.15) is 0 Å². The predicted octanol–water partition coefficient (Wildman–Crippen LogP) is 35.0. The van der Waals surface area contributed by atoms with Gasteiger partial charge in [-0.25, -0.2) is 29.9 Å². The van der Waals surface area contributed by atoms with Crippen molar-refractivity contribution in [2.75, 3.05) is 0 Å². The zero-order valence-electron chi connectivity index (χ0n) is 81.1. The molecule has 30 rings (SSSR count). The number of hydrogen-bond acceptors (Lipinski definition) is 9. The maximum Gasteiger partial charge on any atom is 0.161 e. The van der Waals surface area contributed by atoms with Crippen LogP contribution in [0.1, 0.15) is 5.48 Å². The summed E-state index contributed by atoms with van der Waals surface area (Å²) in [6, 6.07) is 151. The molecule has 0 unspecified atom stereocenters. The van der Waals surface area contributed by atoms with Crippen LogP contribution in [0.4, 0.5) is 0 Å². The Bertz CT molecular complexity index is 10500. The fourth-order valence-electron chi connectivity index (χ4n) is 21.3. The first-order valence-electron chi connectivity index (χ1n) is 50.0. The summed E-state index contributed by atoms with van der Waals surface area (Å²) in [5.74, 6) is 2.30. The van der Waals surface area contributed by atoms with Gasteiger partial charge in [-0.05, 0) is 244 Å². The number of imidazole rings is 2. The molecule has 11 aromatic heterocycles. The monoisotopic (exact) mass is 1900 g/mol. The average Bonchev–Trinajstić information content (AvgIpc) is 1.53. The Hall–Kier alpha value is -18.4. The third kappa shape index (κ3) is 14.3. The largest absolute Gasteiger partial charge is 0.309 e. The SMILES string of the molecule is [2H]c1c([2H])c([2H])c2c(c1[2H])c1c3c(ccc1n2-c1ccccc1)sc1ccc(-c2ccccc2)cc13.c1ccc(-c2ccc3sc4c(cc(-c5ncccn5)c5c4c4cc(-c6ccccc6)ccc4n5-c4ccc(-c5cn6ccccc6n5)cc4)c3c2)cc1.c1ccc(-c2ccc3sc4c(cc(-c5ncccn5)c5c4c4cc(-c6ccccc6)ccc4n5-c4ccc(-c5nc6ccccc6n5-c5ccccc5)cc4)c3c2)cc1. The van der Waals surface area contributed by atoms with Crippen molar-refractivity contribution in [1.82, 2.24) is 52.6 Å². The van der Waals surface area contributed by atoms with E-state index < -0.39 is 0 Å². The summed E-state index contributed by atoms with van der Waals surface area (Å²) in [5, 5.41) is 13.3. The van der Waals surface area contributed by atoms with Crippen LogP contribution in [-0.4, -0.2) is 52.6 Å². The highest BCUT2D eigenvalue weighted by Crippen LogP contribution is 2.53. The molecule has 0 saturated heterocycles. The molecule has 14 heteroatoms. The van der Waals surface area contributed by atoms with Crippen LogP contribution in [0.15, 0.2) is 492 Å². The minimum atomic E-state index is -0.217. The van der Waals surface area contributed by atoms with Crippen LogP contribution in [0, 0.1) is 0 Å². The highest BCUT2D eigenvalue weighted by Gasteiger charge is 2.29. The number of hydrogen-bond donors (Lipinski definition) is 0. The first kappa shape index (κ1) is 79.5. The van der Waals surface area contributed by atoms with Crippen molar-refractivity contribution in [2.45, 2.75) is 0 Å². The summed E-state index contributed by atoms with van der Waals surface area (Å²) in [6.45, 7) is 0. The molecule has 19 aromatic carbocycles. The molecule has 674 valence electrons. The fraction of sp³-hybridized carbons (Fsp3) is 0. The van der Waals surface area contributed by atoms with Crippen LogP contribution >= 0.6 is 34.0 Å². The van der Waals surface area contributed by atoms with Gasteiger partial charge in [-0.3, -0.25) is 4.57 Å². The second-order valence-electron chi connectivity index (χ2n) is 36.1. The lowest BCUT2D eigenvalue weighted by molar-refractivity contribution is 1.10. The van der Waals surface area contributed by atoms with Gasteiger partial charge in [0.25, 0.3) is 0 Å². The van der Waals surface area contributed by atoms with Gasteiger partial charge in [0.05, 0.1) is 55.3 Å². The van der Waals surface area contributed by atoms with Crippen LogP contribution in [0.3, 0.4) is 0 Å². The number of para-hydroxylation sites is 5. The molecule has 0 aliphatic carbocycles. The molecule has 30 aromatic rings. The van der Waals surface area contributed by atoms with Crippen molar-refractivity contribution in [3.8, 4) is 124 Å². The molecule has 11 nitrogen and oxygen atoms in total. The zero-order valence-corrected chi connectivity index (χ0v) is 79.5. The molecule has 0 saturated carbocycles. The first-order valence-corrected chi connectivity index (χ1v) is 50.4. The highest BCUT2D eigenvalue weighted by molar-refractivity contribution is 7.27. The van der Waals surface area contributed by atoms with Crippen LogP contribution in [0.2, 0.25) is 0 Å². The van der Waals surface area contributed by atoms with Crippen molar-refractivity contribution < 1.29 is 5.48 Å². The fourth-order valence-corrected chi connectivity index (χ4v) is 24.8. The Morgan fingerprint density at radius 1 is 0.236 bits per heavy atom. The molecule has 0 spiro atoms.